The number of hydrogen-bond acceptors (Lipinski definition) is 7. The molecule has 0 aromatic carbocycles. The number of nitrogens with two attached hydrogens (primary N) is 2. The van der Waals surface area contributed by atoms with Crippen LogP contribution < -0.4 is 16.9 Å². The number of hydrazine groups is 1. The highest BCUT2D eigenvalue weighted by molar-refractivity contribution is 5.60. The summed E-state index contributed by atoms with van der Waals surface area (Å²) < 4.78 is 6.03. The predicted octanol–water partition coefficient (Wildman–Crippen LogP) is 0.329. The summed E-state index contributed by atoms with van der Waals surface area (Å²) >= 11 is 0. The molecule has 2 saturated carbocycles. The van der Waals surface area contributed by atoms with Crippen molar-refractivity contribution in [3.8, 4) is 0 Å². The van der Waals surface area contributed by atoms with E-state index in [1.165, 1.54) is 30.8 Å². The number of nitrogens with one attached hydrogen (secondary N) is 1. The van der Waals surface area contributed by atoms with Gasteiger partial charge in [0.15, 0.2) is 0 Å². The summed E-state index contributed by atoms with van der Waals surface area (Å²) in [5, 5.41) is 15.5. The van der Waals surface area contributed by atoms with E-state index in [1.807, 2.05) is 0 Å². The molecule has 2 bridgehead atoms. The van der Waals surface area contributed by atoms with Crippen LogP contribution in [0.5, 0.6) is 0 Å². The van der Waals surface area contributed by atoms with Gasteiger partial charge in [-0.25, -0.2) is 5.84 Å². The lowest BCUT2D eigenvalue weighted by atomic mass is 9.99. The molecule has 2 heterocycles. The Morgan fingerprint density at radius 3 is 2.96 bits per heavy atom. The molecule has 7 nitrogen and oxygen atoms in total. The summed E-state index contributed by atoms with van der Waals surface area (Å²) in [5.74, 6) is 7.09. The molecule has 0 aromatic heterocycles. The molecule has 3 fully saturated rings. The van der Waals surface area contributed by atoms with Gasteiger partial charge in [-0.15, -0.1) is 0 Å². The van der Waals surface area contributed by atoms with Crippen LogP contribution in [0, 0.1) is 5.92 Å². The summed E-state index contributed by atoms with van der Waals surface area (Å²) in [5.41, 5.74) is 7.78. The number of aliphatic hydroxyl groups excluding tert-OH is 1. The van der Waals surface area contributed by atoms with Gasteiger partial charge in [-0.3, -0.25) is 10.3 Å². The number of aliphatic imine (C=N–C) groups is 1. The summed E-state index contributed by atoms with van der Waals surface area (Å²) in [6, 6.07) is 0. The minimum absolute atomic E-state index is 0.0437. The fourth-order valence-corrected chi connectivity index (χ4v) is 4.14. The lowest BCUT2D eigenvalue weighted by Crippen LogP contribution is -2.42. The van der Waals surface area contributed by atoms with Crippen molar-refractivity contribution in [3.63, 3.8) is 0 Å². The summed E-state index contributed by atoms with van der Waals surface area (Å²) in [6.45, 7) is 0.489. The Morgan fingerprint density at radius 1 is 1.46 bits per heavy atom. The van der Waals surface area contributed by atoms with Crippen molar-refractivity contribution in [2.75, 3.05) is 6.54 Å². The normalized spacial score (nSPS) is 38.0. The van der Waals surface area contributed by atoms with Crippen molar-refractivity contribution in [2.24, 2.45) is 22.5 Å². The van der Waals surface area contributed by atoms with E-state index in [2.05, 4.69) is 10.3 Å². The van der Waals surface area contributed by atoms with Crippen molar-refractivity contribution in [2.45, 2.75) is 62.5 Å². The Hall–Kier alpha value is -1.41. The molecule has 3 atom stereocenters. The first-order valence-electron chi connectivity index (χ1n) is 8.85. The van der Waals surface area contributed by atoms with Crippen molar-refractivity contribution in [1.29, 1.82) is 0 Å². The second-order valence-electron chi connectivity index (χ2n) is 7.47. The van der Waals surface area contributed by atoms with E-state index >= 15 is 0 Å². The Balaban J connectivity index is 1.45. The monoisotopic (exact) mass is 333 g/mol. The number of aliphatic hydroxyl groups is 1. The van der Waals surface area contributed by atoms with Gasteiger partial charge in [0, 0.05) is 30.6 Å². The molecule has 4 aliphatic rings. The van der Waals surface area contributed by atoms with Crippen LogP contribution in [0.2, 0.25) is 0 Å². The highest BCUT2D eigenvalue weighted by Crippen LogP contribution is 2.66. The molecule has 6 N–H and O–H groups in total. The van der Waals surface area contributed by atoms with Crippen LogP contribution in [0.25, 0.3) is 0 Å². The molecular weight excluding hydrogens is 306 g/mol. The predicted molar refractivity (Wildman–Crippen MR) is 91.5 cm³/mol. The fraction of sp³-hybridized carbons (Fsp3) is 0.706. The van der Waals surface area contributed by atoms with Crippen LogP contribution in [0.15, 0.2) is 28.7 Å². The minimum atomic E-state index is -0.498. The van der Waals surface area contributed by atoms with Gasteiger partial charge in [0.2, 0.25) is 0 Å². The van der Waals surface area contributed by atoms with E-state index in [9.17, 15) is 5.11 Å². The molecule has 0 spiro atoms. The zero-order valence-corrected chi connectivity index (χ0v) is 13.9. The van der Waals surface area contributed by atoms with Gasteiger partial charge in [0.05, 0.1) is 24.4 Å². The zero-order chi connectivity index (χ0) is 16.7. The molecule has 132 valence electrons. The molecule has 0 aromatic rings. The average Bonchev–Trinajstić information content (AvgIpc) is 3.34. The first-order valence-corrected chi connectivity index (χ1v) is 8.85. The lowest BCUT2D eigenvalue weighted by molar-refractivity contribution is 0.0297. The van der Waals surface area contributed by atoms with E-state index in [0.717, 1.165) is 30.9 Å². The van der Waals surface area contributed by atoms with E-state index in [-0.39, 0.29) is 17.7 Å². The second-order valence-corrected chi connectivity index (χ2v) is 7.47. The number of ether oxygens (including phenoxy) is 1. The summed E-state index contributed by atoms with van der Waals surface area (Å²) in [7, 11) is 0. The van der Waals surface area contributed by atoms with Crippen LogP contribution in [-0.4, -0.2) is 46.8 Å². The van der Waals surface area contributed by atoms with Gasteiger partial charge >= 0.3 is 0 Å². The van der Waals surface area contributed by atoms with Crippen LogP contribution in [-0.2, 0) is 4.74 Å². The molecule has 3 unspecified atom stereocenters. The Kier molecular flexibility index (Phi) is 4.12. The largest absolute Gasteiger partial charge is 0.403 e. The van der Waals surface area contributed by atoms with Gasteiger partial charge < -0.3 is 20.6 Å². The highest BCUT2D eigenvalue weighted by atomic mass is 16.5. The van der Waals surface area contributed by atoms with Gasteiger partial charge in [-0.1, -0.05) is 0 Å². The Morgan fingerprint density at radius 2 is 2.25 bits per heavy atom. The first kappa shape index (κ1) is 16.1. The summed E-state index contributed by atoms with van der Waals surface area (Å²) in [6.07, 6.45) is 10.4. The molecule has 0 amide bonds. The van der Waals surface area contributed by atoms with E-state index in [4.69, 9.17) is 16.3 Å². The minimum Gasteiger partial charge on any atom is -0.403 e. The van der Waals surface area contributed by atoms with Crippen molar-refractivity contribution in [3.05, 3.63) is 23.7 Å². The lowest BCUT2D eigenvalue weighted by Gasteiger charge is -2.33. The van der Waals surface area contributed by atoms with Crippen LogP contribution in [0.3, 0.4) is 0 Å². The van der Waals surface area contributed by atoms with E-state index in [1.54, 1.807) is 11.2 Å². The maximum absolute atomic E-state index is 10.4. The fourth-order valence-electron chi connectivity index (χ4n) is 4.14. The number of hydrogen-bond donors (Lipinski definition) is 4. The average molecular weight is 333 g/mol. The number of nitrogens with zero attached hydrogens (tertiary/aromatic N) is 2. The highest BCUT2D eigenvalue weighted by Gasteiger charge is 2.70. The third kappa shape index (κ3) is 3.09. The van der Waals surface area contributed by atoms with Crippen molar-refractivity contribution in [1.82, 2.24) is 10.3 Å². The molecule has 1 saturated heterocycles. The van der Waals surface area contributed by atoms with Gasteiger partial charge in [0.1, 0.15) is 6.23 Å². The Labute approximate surface area is 142 Å². The molecule has 2 aliphatic carbocycles. The van der Waals surface area contributed by atoms with Crippen LogP contribution in [0.4, 0.5) is 0 Å². The quantitative estimate of drug-likeness (QED) is 0.221. The molecule has 2 aliphatic heterocycles. The van der Waals surface area contributed by atoms with Crippen LogP contribution >= 0.6 is 0 Å². The number of rotatable bonds is 8. The SMILES string of the molecule is N/C=C\N=CCN(N)C1=C(CC(O)NC23CC2C3)CC2CCC1O2. The maximum Gasteiger partial charge on any atom is 0.109 e. The van der Waals surface area contributed by atoms with E-state index in [0.29, 0.717) is 13.0 Å². The molecule has 24 heavy (non-hydrogen) atoms. The van der Waals surface area contributed by atoms with Crippen molar-refractivity contribution >= 4 is 6.21 Å². The third-order valence-electron chi connectivity index (χ3n) is 5.69. The van der Waals surface area contributed by atoms with E-state index < -0.39 is 6.23 Å². The maximum atomic E-state index is 10.4. The second kappa shape index (κ2) is 6.15. The molecule has 7 heteroatoms. The topological polar surface area (TPSA) is 109 Å². The molecule has 4 rings (SSSR count). The van der Waals surface area contributed by atoms with Gasteiger partial charge in [-0.05, 0) is 43.6 Å². The first-order chi connectivity index (χ1) is 11.6. The Bertz CT molecular complexity index is 582. The molecule has 0 radical (unpaired) electrons. The zero-order valence-electron chi connectivity index (χ0n) is 13.9. The third-order valence-corrected chi connectivity index (χ3v) is 5.69. The van der Waals surface area contributed by atoms with Gasteiger partial charge in [0.25, 0.3) is 0 Å². The smallest absolute Gasteiger partial charge is 0.109 e. The van der Waals surface area contributed by atoms with Gasteiger partial charge in [-0.2, -0.15) is 0 Å². The van der Waals surface area contributed by atoms with Crippen LogP contribution in [0.1, 0.15) is 38.5 Å². The molecular formula is C17H27N5O2. The van der Waals surface area contributed by atoms with Crippen molar-refractivity contribution < 1.29 is 9.84 Å². The summed E-state index contributed by atoms with van der Waals surface area (Å²) in [4.78, 5) is 4.06. The standard InChI is InChI=1S/C17H27N5O2/c18-3-4-20-5-6-22(19)16-11(7-13-1-2-14(16)24-13)8-15(23)21-17-9-12(17)10-17/h3-5,12-15,21,23H,1-2,6-10,18-19H2/b4-3-,20-5?. The number of fused-ring (bicyclic) bond motifs is 3.